The van der Waals surface area contributed by atoms with Gasteiger partial charge in [-0.15, -0.1) is 0 Å². The van der Waals surface area contributed by atoms with Crippen molar-refractivity contribution >= 4 is 22.5 Å². The minimum atomic E-state index is -0.0211. The maximum atomic E-state index is 12.4. The lowest BCUT2D eigenvalue weighted by atomic mass is 10.1. The summed E-state index contributed by atoms with van der Waals surface area (Å²) in [5, 5.41) is 4.08. The molecule has 0 aliphatic carbocycles. The summed E-state index contributed by atoms with van der Waals surface area (Å²) in [7, 11) is 2.00. The normalized spacial score (nSPS) is 11.0. The maximum Gasteiger partial charge on any atom is 0.228 e. The molecule has 0 aliphatic heterocycles. The molecule has 25 heavy (non-hydrogen) atoms. The molecule has 1 heterocycles. The second-order valence-corrected chi connectivity index (χ2v) is 6.74. The second-order valence-electron chi connectivity index (χ2n) is 6.74. The van der Waals surface area contributed by atoms with Crippen LogP contribution in [0.1, 0.15) is 19.4 Å². The fourth-order valence-electron chi connectivity index (χ4n) is 2.84. The molecule has 3 aromatic rings. The van der Waals surface area contributed by atoms with Crippen LogP contribution in [0.2, 0.25) is 0 Å². The highest BCUT2D eigenvalue weighted by molar-refractivity contribution is 5.96. The Bertz CT molecular complexity index is 863. The van der Waals surface area contributed by atoms with Gasteiger partial charge in [-0.05, 0) is 41.8 Å². The summed E-state index contributed by atoms with van der Waals surface area (Å²) in [6, 6.07) is 15.6. The van der Waals surface area contributed by atoms with Gasteiger partial charge < -0.3 is 14.6 Å². The van der Waals surface area contributed by atoms with Gasteiger partial charge in [0.05, 0.1) is 13.0 Å². The van der Waals surface area contributed by atoms with Gasteiger partial charge in [-0.2, -0.15) is 0 Å². The number of hydrogen-bond donors (Lipinski definition) is 1. The number of ether oxygens (including phenoxy) is 1. The summed E-state index contributed by atoms with van der Waals surface area (Å²) in [4.78, 5) is 12.4. The topological polar surface area (TPSA) is 43.3 Å². The van der Waals surface area contributed by atoms with Crippen LogP contribution in [0.5, 0.6) is 5.75 Å². The van der Waals surface area contributed by atoms with Crippen molar-refractivity contribution in [1.82, 2.24) is 4.57 Å². The molecule has 130 valence electrons. The number of rotatable bonds is 6. The minimum Gasteiger partial charge on any atom is -0.493 e. The lowest BCUT2D eigenvalue weighted by Gasteiger charge is -2.10. The highest BCUT2D eigenvalue weighted by Gasteiger charge is 2.10. The summed E-state index contributed by atoms with van der Waals surface area (Å²) in [5.41, 5.74) is 2.95. The third-order valence-corrected chi connectivity index (χ3v) is 4.05. The molecule has 0 fully saturated rings. The lowest BCUT2D eigenvalue weighted by Crippen LogP contribution is -2.14. The van der Waals surface area contributed by atoms with Crippen molar-refractivity contribution in [2.24, 2.45) is 13.0 Å². The first-order valence-electron chi connectivity index (χ1n) is 8.58. The number of amides is 1. The van der Waals surface area contributed by atoms with Crippen LogP contribution in [0, 0.1) is 5.92 Å². The average Bonchev–Trinajstić information content (AvgIpc) is 2.90. The molecule has 1 N–H and O–H groups in total. The summed E-state index contributed by atoms with van der Waals surface area (Å²) in [6.45, 7) is 4.91. The largest absolute Gasteiger partial charge is 0.493 e. The number of aryl methyl sites for hydroxylation is 1. The number of aromatic nitrogens is 1. The van der Waals surface area contributed by atoms with E-state index in [1.165, 1.54) is 0 Å². The average molecular weight is 336 g/mol. The van der Waals surface area contributed by atoms with Crippen LogP contribution in [-0.4, -0.2) is 17.1 Å². The van der Waals surface area contributed by atoms with Crippen molar-refractivity contribution in [3.63, 3.8) is 0 Å². The smallest absolute Gasteiger partial charge is 0.228 e. The number of carbonyl (C=O) groups is 1. The zero-order chi connectivity index (χ0) is 17.8. The first kappa shape index (κ1) is 17.1. The van der Waals surface area contributed by atoms with E-state index >= 15 is 0 Å². The molecule has 0 aliphatic rings. The number of para-hydroxylation sites is 1. The lowest BCUT2D eigenvalue weighted by molar-refractivity contribution is -0.115. The van der Waals surface area contributed by atoms with Crippen LogP contribution in [0.3, 0.4) is 0 Å². The molecule has 0 atom stereocenters. The molecule has 1 aromatic heterocycles. The van der Waals surface area contributed by atoms with Crippen LogP contribution >= 0.6 is 0 Å². The van der Waals surface area contributed by atoms with Crippen molar-refractivity contribution in [3.8, 4) is 5.75 Å². The van der Waals surface area contributed by atoms with E-state index in [0.717, 1.165) is 27.9 Å². The third kappa shape index (κ3) is 4.21. The molecule has 4 nitrogen and oxygen atoms in total. The molecule has 0 saturated heterocycles. The van der Waals surface area contributed by atoms with Gasteiger partial charge in [-0.3, -0.25) is 4.79 Å². The molecule has 1 amide bonds. The summed E-state index contributed by atoms with van der Waals surface area (Å²) in [6.07, 6.45) is 2.38. The van der Waals surface area contributed by atoms with Crippen molar-refractivity contribution in [2.45, 2.75) is 20.3 Å². The van der Waals surface area contributed by atoms with E-state index in [2.05, 4.69) is 35.9 Å². The van der Waals surface area contributed by atoms with Crippen LogP contribution in [0.4, 0.5) is 5.69 Å². The highest BCUT2D eigenvalue weighted by atomic mass is 16.5. The fourth-order valence-corrected chi connectivity index (χ4v) is 2.84. The predicted molar refractivity (Wildman–Crippen MR) is 102 cm³/mol. The Morgan fingerprint density at radius 1 is 1.12 bits per heavy atom. The Hall–Kier alpha value is -2.75. The van der Waals surface area contributed by atoms with E-state index < -0.39 is 0 Å². The molecule has 0 bridgehead atoms. The highest BCUT2D eigenvalue weighted by Crippen LogP contribution is 2.21. The first-order valence-corrected chi connectivity index (χ1v) is 8.58. The number of carbonyl (C=O) groups excluding carboxylic acids is 1. The van der Waals surface area contributed by atoms with E-state index in [9.17, 15) is 4.79 Å². The zero-order valence-corrected chi connectivity index (χ0v) is 15.0. The number of fused-ring (bicyclic) bond motifs is 1. The number of anilines is 1. The molecule has 0 saturated carbocycles. The van der Waals surface area contributed by atoms with E-state index in [1.54, 1.807) is 0 Å². The molecule has 0 radical (unpaired) electrons. The van der Waals surface area contributed by atoms with Gasteiger partial charge >= 0.3 is 0 Å². The Labute approximate surface area is 148 Å². The molecule has 0 spiro atoms. The maximum absolute atomic E-state index is 12.4. The Balaban J connectivity index is 1.64. The Morgan fingerprint density at radius 2 is 1.84 bits per heavy atom. The molecule has 2 aromatic carbocycles. The minimum absolute atomic E-state index is 0.0211. The predicted octanol–water partition coefficient (Wildman–Crippen LogP) is 4.39. The number of hydrogen-bond acceptors (Lipinski definition) is 2. The van der Waals surface area contributed by atoms with Gasteiger partial charge in [0.1, 0.15) is 5.75 Å². The summed E-state index contributed by atoms with van der Waals surface area (Å²) >= 11 is 0. The Kier molecular flexibility index (Phi) is 5.08. The van der Waals surface area contributed by atoms with Crippen molar-refractivity contribution in [3.05, 3.63) is 60.3 Å². The summed E-state index contributed by atoms with van der Waals surface area (Å²) in [5.74, 6) is 1.29. The zero-order valence-electron chi connectivity index (χ0n) is 15.0. The van der Waals surface area contributed by atoms with Gasteiger partial charge in [0.25, 0.3) is 0 Å². The van der Waals surface area contributed by atoms with Gasteiger partial charge in [-0.1, -0.05) is 32.0 Å². The van der Waals surface area contributed by atoms with E-state index in [4.69, 9.17) is 4.74 Å². The monoisotopic (exact) mass is 336 g/mol. The van der Waals surface area contributed by atoms with Crippen molar-refractivity contribution in [1.29, 1.82) is 0 Å². The molecule has 3 rings (SSSR count). The third-order valence-electron chi connectivity index (χ3n) is 4.05. The second kappa shape index (κ2) is 7.43. The molecule has 0 unspecified atom stereocenters. The van der Waals surface area contributed by atoms with Crippen LogP contribution in [0.15, 0.2) is 54.7 Å². The first-order chi connectivity index (χ1) is 12.0. The van der Waals surface area contributed by atoms with Gasteiger partial charge in [0.2, 0.25) is 5.91 Å². The fraction of sp³-hybridized carbons (Fsp3) is 0.286. The van der Waals surface area contributed by atoms with Crippen molar-refractivity contribution < 1.29 is 9.53 Å². The van der Waals surface area contributed by atoms with Gasteiger partial charge in [0.15, 0.2) is 0 Å². The summed E-state index contributed by atoms with van der Waals surface area (Å²) < 4.78 is 7.71. The number of benzene rings is 2. The van der Waals surface area contributed by atoms with E-state index in [0.29, 0.717) is 18.9 Å². The van der Waals surface area contributed by atoms with E-state index in [-0.39, 0.29) is 5.91 Å². The molecular formula is C21H24N2O2. The van der Waals surface area contributed by atoms with E-state index in [1.807, 2.05) is 49.6 Å². The van der Waals surface area contributed by atoms with Crippen molar-refractivity contribution in [2.75, 3.05) is 11.9 Å². The standard InChI is InChI=1S/C21H24N2O2/c1-15(2)14-25-18-10-8-17(9-11-18)22-21(24)12-16-13-23(3)20-7-5-4-6-19(16)20/h4-11,13,15H,12,14H2,1-3H3,(H,22,24). The van der Waals surface area contributed by atoms with Gasteiger partial charge in [-0.25, -0.2) is 0 Å². The van der Waals surface area contributed by atoms with Crippen LogP contribution in [-0.2, 0) is 18.3 Å². The Morgan fingerprint density at radius 3 is 2.56 bits per heavy atom. The quantitative estimate of drug-likeness (QED) is 0.725. The van der Waals surface area contributed by atoms with Crippen LogP contribution < -0.4 is 10.1 Å². The number of nitrogens with zero attached hydrogens (tertiary/aromatic N) is 1. The molecular weight excluding hydrogens is 312 g/mol. The van der Waals surface area contributed by atoms with Gasteiger partial charge in [0, 0.05) is 29.8 Å². The number of nitrogens with one attached hydrogen (secondary N) is 1. The molecule has 4 heteroatoms. The SMILES string of the molecule is CC(C)COc1ccc(NC(=O)Cc2cn(C)c3ccccc23)cc1. The van der Waals surface area contributed by atoms with Crippen LogP contribution in [0.25, 0.3) is 10.9 Å².